The second-order valence-corrected chi connectivity index (χ2v) is 6.01. The van der Waals surface area contributed by atoms with Crippen LogP contribution < -0.4 is 10.1 Å². The van der Waals surface area contributed by atoms with E-state index in [9.17, 15) is 0 Å². The number of nitrogens with one attached hydrogen (secondary N) is 1. The van der Waals surface area contributed by atoms with E-state index in [4.69, 9.17) is 16.3 Å². The standard InChI is InChI=1S/C17H26ClNO/c1-2-14-13-16(9-10-17(14)18)20-12-11-19-15-7-5-3-4-6-8-15/h9-10,13,15,19H,2-8,11-12H2,1H3. The van der Waals surface area contributed by atoms with E-state index in [1.807, 2.05) is 18.2 Å². The van der Waals surface area contributed by atoms with Gasteiger partial charge in [-0.1, -0.05) is 44.2 Å². The fourth-order valence-corrected chi connectivity index (χ4v) is 3.08. The van der Waals surface area contributed by atoms with Gasteiger partial charge < -0.3 is 10.1 Å². The Hall–Kier alpha value is -0.730. The molecule has 20 heavy (non-hydrogen) atoms. The molecule has 1 aliphatic rings. The first-order chi connectivity index (χ1) is 9.79. The van der Waals surface area contributed by atoms with E-state index >= 15 is 0 Å². The van der Waals surface area contributed by atoms with E-state index in [1.54, 1.807) is 0 Å². The summed E-state index contributed by atoms with van der Waals surface area (Å²) in [6, 6.07) is 6.62. The van der Waals surface area contributed by atoms with Crippen LogP contribution in [0.1, 0.15) is 51.0 Å². The highest BCUT2D eigenvalue weighted by molar-refractivity contribution is 6.31. The van der Waals surface area contributed by atoms with Gasteiger partial charge in [-0.3, -0.25) is 0 Å². The summed E-state index contributed by atoms with van der Waals surface area (Å²) in [6.07, 6.45) is 9.13. The number of hydrogen-bond donors (Lipinski definition) is 1. The fourth-order valence-electron chi connectivity index (χ4n) is 2.83. The zero-order chi connectivity index (χ0) is 14.2. The highest BCUT2D eigenvalue weighted by atomic mass is 35.5. The van der Waals surface area contributed by atoms with Crippen molar-refractivity contribution in [3.05, 3.63) is 28.8 Å². The number of rotatable bonds is 6. The van der Waals surface area contributed by atoms with Gasteiger partial charge in [0, 0.05) is 17.6 Å². The molecule has 1 aromatic carbocycles. The van der Waals surface area contributed by atoms with Crippen molar-refractivity contribution in [2.45, 2.75) is 57.9 Å². The van der Waals surface area contributed by atoms with Gasteiger partial charge in [0.25, 0.3) is 0 Å². The Morgan fingerprint density at radius 2 is 1.95 bits per heavy atom. The Morgan fingerprint density at radius 1 is 1.20 bits per heavy atom. The summed E-state index contributed by atoms with van der Waals surface area (Å²) in [5.74, 6) is 0.925. The van der Waals surface area contributed by atoms with Gasteiger partial charge in [0.2, 0.25) is 0 Å². The van der Waals surface area contributed by atoms with Crippen molar-refractivity contribution < 1.29 is 4.74 Å². The summed E-state index contributed by atoms with van der Waals surface area (Å²) in [5, 5.41) is 4.45. The van der Waals surface area contributed by atoms with Crippen molar-refractivity contribution in [2.75, 3.05) is 13.2 Å². The SMILES string of the molecule is CCc1cc(OCCNC2CCCCCC2)ccc1Cl. The second-order valence-electron chi connectivity index (χ2n) is 5.60. The van der Waals surface area contributed by atoms with Gasteiger partial charge in [0.15, 0.2) is 0 Å². The predicted octanol–water partition coefficient (Wildman–Crippen LogP) is 4.59. The lowest BCUT2D eigenvalue weighted by atomic mass is 10.1. The van der Waals surface area contributed by atoms with Crippen molar-refractivity contribution in [1.82, 2.24) is 5.32 Å². The molecule has 1 aromatic rings. The molecule has 0 spiro atoms. The van der Waals surface area contributed by atoms with Crippen molar-refractivity contribution in [3.8, 4) is 5.75 Å². The number of aryl methyl sites for hydroxylation is 1. The van der Waals surface area contributed by atoms with Gasteiger partial charge in [-0.25, -0.2) is 0 Å². The smallest absolute Gasteiger partial charge is 0.119 e. The zero-order valence-corrected chi connectivity index (χ0v) is 13.2. The van der Waals surface area contributed by atoms with E-state index in [0.717, 1.165) is 35.9 Å². The summed E-state index contributed by atoms with van der Waals surface area (Å²) in [6.45, 7) is 3.76. The van der Waals surface area contributed by atoms with Crippen LogP contribution in [-0.2, 0) is 6.42 Å². The maximum absolute atomic E-state index is 6.11. The fraction of sp³-hybridized carbons (Fsp3) is 0.647. The van der Waals surface area contributed by atoms with Gasteiger partial charge in [-0.05, 0) is 43.0 Å². The average molecular weight is 296 g/mol. The van der Waals surface area contributed by atoms with Crippen LogP contribution >= 0.6 is 11.6 Å². The molecule has 112 valence electrons. The third kappa shape index (κ3) is 4.99. The number of hydrogen-bond acceptors (Lipinski definition) is 2. The van der Waals surface area contributed by atoms with Crippen molar-refractivity contribution >= 4 is 11.6 Å². The van der Waals surface area contributed by atoms with Gasteiger partial charge in [-0.2, -0.15) is 0 Å². The Kier molecular flexibility index (Phi) is 6.68. The molecule has 2 rings (SSSR count). The third-order valence-corrected chi connectivity index (χ3v) is 4.43. The molecule has 0 amide bonds. The van der Waals surface area contributed by atoms with E-state index in [-0.39, 0.29) is 0 Å². The molecule has 1 aliphatic carbocycles. The van der Waals surface area contributed by atoms with Crippen molar-refractivity contribution in [2.24, 2.45) is 0 Å². The molecule has 0 saturated heterocycles. The van der Waals surface area contributed by atoms with Crippen LogP contribution in [0.2, 0.25) is 5.02 Å². The van der Waals surface area contributed by atoms with Crippen LogP contribution in [0.4, 0.5) is 0 Å². The van der Waals surface area contributed by atoms with Crippen LogP contribution in [0.3, 0.4) is 0 Å². The van der Waals surface area contributed by atoms with Crippen molar-refractivity contribution in [3.63, 3.8) is 0 Å². The number of ether oxygens (including phenoxy) is 1. The molecule has 1 fully saturated rings. The topological polar surface area (TPSA) is 21.3 Å². The Labute approximate surface area is 127 Å². The first kappa shape index (κ1) is 15.7. The van der Waals surface area contributed by atoms with E-state index < -0.39 is 0 Å². The molecule has 2 nitrogen and oxygen atoms in total. The molecule has 0 aliphatic heterocycles. The lowest BCUT2D eigenvalue weighted by Gasteiger charge is -2.16. The van der Waals surface area contributed by atoms with E-state index in [1.165, 1.54) is 38.5 Å². The van der Waals surface area contributed by atoms with Crippen LogP contribution in [0.5, 0.6) is 5.75 Å². The van der Waals surface area contributed by atoms with Crippen molar-refractivity contribution in [1.29, 1.82) is 0 Å². The lowest BCUT2D eigenvalue weighted by Crippen LogP contribution is -2.32. The summed E-state index contributed by atoms with van der Waals surface area (Å²) >= 11 is 6.11. The molecule has 1 N–H and O–H groups in total. The molecular weight excluding hydrogens is 270 g/mol. The summed E-state index contributed by atoms with van der Waals surface area (Å²) in [7, 11) is 0. The minimum absolute atomic E-state index is 0.692. The first-order valence-corrected chi connectivity index (χ1v) is 8.32. The number of benzene rings is 1. The van der Waals surface area contributed by atoms with Gasteiger partial charge in [0.05, 0.1) is 0 Å². The van der Waals surface area contributed by atoms with Gasteiger partial charge >= 0.3 is 0 Å². The molecule has 0 bridgehead atoms. The summed E-state index contributed by atoms with van der Waals surface area (Å²) < 4.78 is 5.80. The van der Waals surface area contributed by atoms with Gasteiger partial charge in [0.1, 0.15) is 12.4 Å². The third-order valence-electron chi connectivity index (χ3n) is 4.06. The Bertz CT molecular complexity index is 400. The Balaban J connectivity index is 1.70. The second kappa shape index (κ2) is 8.53. The zero-order valence-electron chi connectivity index (χ0n) is 12.5. The summed E-state index contributed by atoms with van der Waals surface area (Å²) in [5.41, 5.74) is 1.15. The van der Waals surface area contributed by atoms with Gasteiger partial charge in [-0.15, -0.1) is 0 Å². The minimum atomic E-state index is 0.692. The van der Waals surface area contributed by atoms with E-state index in [0.29, 0.717) is 6.04 Å². The molecule has 0 radical (unpaired) electrons. The molecule has 0 aromatic heterocycles. The first-order valence-electron chi connectivity index (χ1n) is 7.94. The lowest BCUT2D eigenvalue weighted by molar-refractivity contribution is 0.300. The average Bonchev–Trinajstić information content (AvgIpc) is 2.74. The maximum atomic E-state index is 6.11. The molecule has 0 unspecified atom stereocenters. The highest BCUT2D eigenvalue weighted by Gasteiger charge is 2.10. The maximum Gasteiger partial charge on any atom is 0.119 e. The molecule has 0 heterocycles. The van der Waals surface area contributed by atoms with Crippen LogP contribution in [0.25, 0.3) is 0 Å². The molecular formula is C17H26ClNO. The van der Waals surface area contributed by atoms with Crippen LogP contribution in [-0.4, -0.2) is 19.2 Å². The molecule has 0 atom stereocenters. The normalized spacial score (nSPS) is 16.9. The highest BCUT2D eigenvalue weighted by Crippen LogP contribution is 2.22. The molecule has 1 saturated carbocycles. The Morgan fingerprint density at radius 3 is 2.65 bits per heavy atom. The minimum Gasteiger partial charge on any atom is -0.492 e. The summed E-state index contributed by atoms with van der Waals surface area (Å²) in [4.78, 5) is 0. The predicted molar refractivity (Wildman–Crippen MR) is 85.8 cm³/mol. The monoisotopic (exact) mass is 295 g/mol. The largest absolute Gasteiger partial charge is 0.492 e. The molecule has 3 heteroatoms. The quantitative estimate of drug-likeness (QED) is 0.612. The van der Waals surface area contributed by atoms with E-state index in [2.05, 4.69) is 12.2 Å². The van der Waals surface area contributed by atoms with Crippen LogP contribution in [0.15, 0.2) is 18.2 Å². The number of halogens is 1. The van der Waals surface area contributed by atoms with Crippen LogP contribution in [0, 0.1) is 0 Å².